The third kappa shape index (κ3) is 2.51. The van der Waals surface area contributed by atoms with Crippen molar-refractivity contribution in [1.29, 1.82) is 5.26 Å². The zero-order chi connectivity index (χ0) is 14.8. The van der Waals surface area contributed by atoms with Crippen LogP contribution in [-0.4, -0.2) is 4.57 Å². The molecule has 3 nitrogen and oxygen atoms in total. The predicted molar refractivity (Wildman–Crippen MR) is 80.0 cm³/mol. The van der Waals surface area contributed by atoms with Crippen LogP contribution in [-0.2, 0) is 13.1 Å². The van der Waals surface area contributed by atoms with E-state index in [2.05, 4.69) is 0 Å². The van der Waals surface area contributed by atoms with Gasteiger partial charge in [0, 0.05) is 23.8 Å². The fourth-order valence-electron chi connectivity index (χ4n) is 2.44. The predicted octanol–water partition coefficient (Wildman–Crippen LogP) is 3.16. The molecule has 4 heteroatoms. The summed E-state index contributed by atoms with van der Waals surface area (Å²) in [7, 11) is 0. The van der Waals surface area contributed by atoms with Crippen molar-refractivity contribution in [3.63, 3.8) is 0 Å². The molecule has 0 aliphatic carbocycles. The fourth-order valence-corrected chi connectivity index (χ4v) is 2.44. The van der Waals surface area contributed by atoms with Crippen molar-refractivity contribution in [2.75, 3.05) is 0 Å². The summed E-state index contributed by atoms with van der Waals surface area (Å²) in [6, 6.07) is 14.5. The Labute approximate surface area is 122 Å². The molecule has 0 saturated heterocycles. The van der Waals surface area contributed by atoms with Gasteiger partial charge in [-0.1, -0.05) is 12.1 Å². The van der Waals surface area contributed by atoms with E-state index in [4.69, 9.17) is 11.0 Å². The second kappa shape index (κ2) is 5.39. The minimum atomic E-state index is -0.300. The highest BCUT2D eigenvalue weighted by Gasteiger charge is 2.07. The average Bonchev–Trinajstić information content (AvgIpc) is 2.91. The van der Waals surface area contributed by atoms with Crippen LogP contribution >= 0.6 is 0 Å². The topological polar surface area (TPSA) is 54.7 Å². The number of nitrogens with zero attached hydrogens (tertiary/aromatic N) is 2. The number of hydrogen-bond acceptors (Lipinski definition) is 2. The summed E-state index contributed by atoms with van der Waals surface area (Å²) >= 11 is 0. The van der Waals surface area contributed by atoms with Gasteiger partial charge in [0.1, 0.15) is 5.82 Å². The highest BCUT2D eigenvalue weighted by atomic mass is 19.1. The van der Waals surface area contributed by atoms with Crippen LogP contribution in [0.25, 0.3) is 10.9 Å². The smallest absolute Gasteiger partial charge is 0.128 e. The standard InChI is InChI=1S/C17H14FN3/c18-16-4-2-12(9-19)7-15(16)11-21-6-5-14-3-1-13(10-20)8-17(14)21/h1-8H,10-11,20H2. The Kier molecular flexibility index (Phi) is 3.43. The Morgan fingerprint density at radius 1 is 1.14 bits per heavy atom. The average molecular weight is 279 g/mol. The fraction of sp³-hybridized carbons (Fsp3) is 0.118. The quantitative estimate of drug-likeness (QED) is 0.800. The van der Waals surface area contributed by atoms with Gasteiger partial charge in [0.25, 0.3) is 0 Å². The Balaban J connectivity index is 2.04. The van der Waals surface area contributed by atoms with Crippen LogP contribution in [0.15, 0.2) is 48.7 Å². The Hall–Kier alpha value is -2.64. The maximum Gasteiger partial charge on any atom is 0.128 e. The number of fused-ring (bicyclic) bond motifs is 1. The largest absolute Gasteiger partial charge is 0.343 e. The lowest BCUT2D eigenvalue weighted by atomic mass is 10.1. The molecule has 0 aliphatic rings. The number of rotatable bonds is 3. The molecule has 21 heavy (non-hydrogen) atoms. The SMILES string of the molecule is N#Cc1ccc(F)c(Cn2ccc3ccc(CN)cc32)c1. The third-order valence-corrected chi connectivity index (χ3v) is 3.59. The zero-order valence-corrected chi connectivity index (χ0v) is 11.4. The van der Waals surface area contributed by atoms with Crippen LogP contribution in [0.2, 0.25) is 0 Å². The Morgan fingerprint density at radius 3 is 2.76 bits per heavy atom. The molecule has 104 valence electrons. The summed E-state index contributed by atoms with van der Waals surface area (Å²) in [6.45, 7) is 0.859. The van der Waals surface area contributed by atoms with E-state index < -0.39 is 0 Å². The van der Waals surface area contributed by atoms with Crippen molar-refractivity contribution in [2.45, 2.75) is 13.1 Å². The van der Waals surface area contributed by atoms with Crippen molar-refractivity contribution in [3.8, 4) is 6.07 Å². The number of halogens is 1. The maximum atomic E-state index is 13.9. The monoisotopic (exact) mass is 279 g/mol. The Bertz CT molecular complexity index is 843. The molecule has 0 aliphatic heterocycles. The van der Waals surface area contributed by atoms with E-state index in [1.54, 1.807) is 6.07 Å². The van der Waals surface area contributed by atoms with Crippen LogP contribution in [0.4, 0.5) is 4.39 Å². The molecule has 0 atom stereocenters. The molecule has 3 aromatic rings. The van der Waals surface area contributed by atoms with Gasteiger partial charge in [0.15, 0.2) is 0 Å². The lowest BCUT2D eigenvalue weighted by Crippen LogP contribution is -2.02. The number of hydrogen-bond donors (Lipinski definition) is 1. The highest BCUT2D eigenvalue weighted by molar-refractivity contribution is 5.81. The molecule has 0 bridgehead atoms. The minimum Gasteiger partial charge on any atom is -0.343 e. The van der Waals surface area contributed by atoms with E-state index in [1.807, 2.05) is 41.1 Å². The molecule has 1 aromatic heterocycles. The van der Waals surface area contributed by atoms with Gasteiger partial charge in [-0.05, 0) is 41.3 Å². The molecule has 0 radical (unpaired) electrons. The maximum absolute atomic E-state index is 13.9. The van der Waals surface area contributed by atoms with Crippen molar-refractivity contribution in [3.05, 3.63) is 71.2 Å². The zero-order valence-electron chi connectivity index (χ0n) is 11.4. The first kappa shape index (κ1) is 13.3. The van der Waals surface area contributed by atoms with Gasteiger partial charge in [-0.15, -0.1) is 0 Å². The molecule has 3 rings (SSSR count). The van der Waals surface area contributed by atoms with E-state index >= 15 is 0 Å². The summed E-state index contributed by atoms with van der Waals surface area (Å²) < 4.78 is 15.9. The molecule has 2 aromatic carbocycles. The second-order valence-corrected chi connectivity index (χ2v) is 4.96. The number of benzene rings is 2. The molecule has 2 N–H and O–H groups in total. The third-order valence-electron chi connectivity index (χ3n) is 3.59. The molecular weight excluding hydrogens is 265 g/mol. The molecule has 0 fully saturated rings. The van der Waals surface area contributed by atoms with Gasteiger partial charge in [-0.2, -0.15) is 5.26 Å². The summed E-state index contributed by atoms with van der Waals surface area (Å²) in [5, 5.41) is 10.0. The van der Waals surface area contributed by atoms with Crippen LogP contribution in [0.1, 0.15) is 16.7 Å². The lowest BCUT2D eigenvalue weighted by molar-refractivity contribution is 0.602. The second-order valence-electron chi connectivity index (χ2n) is 4.96. The van der Waals surface area contributed by atoms with Crippen molar-refractivity contribution >= 4 is 10.9 Å². The molecule has 0 spiro atoms. The highest BCUT2D eigenvalue weighted by Crippen LogP contribution is 2.20. The number of aromatic nitrogens is 1. The molecule has 0 amide bonds. The number of nitrogens with two attached hydrogens (primary N) is 1. The van der Waals surface area contributed by atoms with E-state index in [9.17, 15) is 4.39 Å². The van der Waals surface area contributed by atoms with Crippen molar-refractivity contribution in [1.82, 2.24) is 4.57 Å². The summed E-state index contributed by atoms with van der Waals surface area (Å²) in [5.74, 6) is -0.300. The van der Waals surface area contributed by atoms with Crippen LogP contribution in [0.5, 0.6) is 0 Å². The minimum absolute atomic E-state index is 0.300. The summed E-state index contributed by atoms with van der Waals surface area (Å²) in [5.41, 5.74) is 8.69. The van der Waals surface area contributed by atoms with E-state index in [0.717, 1.165) is 16.5 Å². The number of nitriles is 1. The van der Waals surface area contributed by atoms with Crippen molar-refractivity contribution < 1.29 is 4.39 Å². The summed E-state index contributed by atoms with van der Waals surface area (Å²) in [4.78, 5) is 0. The lowest BCUT2D eigenvalue weighted by Gasteiger charge is -2.08. The van der Waals surface area contributed by atoms with Gasteiger partial charge < -0.3 is 10.3 Å². The van der Waals surface area contributed by atoms with Gasteiger partial charge in [0.05, 0.1) is 18.2 Å². The normalized spacial score (nSPS) is 10.7. The van der Waals surface area contributed by atoms with Gasteiger partial charge in [0.2, 0.25) is 0 Å². The Morgan fingerprint density at radius 2 is 2.00 bits per heavy atom. The van der Waals surface area contributed by atoms with Crippen LogP contribution in [0, 0.1) is 17.1 Å². The van der Waals surface area contributed by atoms with Crippen molar-refractivity contribution in [2.24, 2.45) is 5.73 Å². The molecular formula is C17H14FN3. The van der Waals surface area contributed by atoms with E-state index in [1.165, 1.54) is 12.1 Å². The van der Waals surface area contributed by atoms with Gasteiger partial charge in [-0.25, -0.2) is 4.39 Å². The first-order valence-corrected chi connectivity index (χ1v) is 6.67. The first-order chi connectivity index (χ1) is 10.2. The molecule has 0 unspecified atom stereocenters. The van der Waals surface area contributed by atoms with E-state index in [-0.39, 0.29) is 5.82 Å². The van der Waals surface area contributed by atoms with Gasteiger partial charge in [-0.3, -0.25) is 0 Å². The first-order valence-electron chi connectivity index (χ1n) is 6.67. The van der Waals surface area contributed by atoms with Crippen LogP contribution in [0.3, 0.4) is 0 Å². The van der Waals surface area contributed by atoms with Crippen LogP contribution < -0.4 is 5.73 Å². The summed E-state index contributed by atoms with van der Waals surface area (Å²) in [6.07, 6.45) is 1.92. The molecule has 0 saturated carbocycles. The molecule has 1 heterocycles. The van der Waals surface area contributed by atoms with Gasteiger partial charge >= 0.3 is 0 Å². The van der Waals surface area contributed by atoms with E-state index in [0.29, 0.717) is 24.2 Å².